The lowest BCUT2D eigenvalue weighted by Gasteiger charge is -2.30. The average molecular weight is 447 g/mol. The molecule has 3 aromatic rings. The van der Waals surface area contributed by atoms with Crippen LogP contribution >= 0.6 is 0 Å². The normalized spacial score (nSPS) is 18.6. The highest BCUT2D eigenvalue weighted by atomic mass is 19.1. The number of nitrogens with two attached hydrogens (primary N) is 2. The van der Waals surface area contributed by atoms with E-state index < -0.39 is 24.3 Å². The van der Waals surface area contributed by atoms with Crippen molar-refractivity contribution >= 4 is 34.1 Å². The molecule has 8 nitrogen and oxygen atoms in total. The summed E-state index contributed by atoms with van der Waals surface area (Å²) in [4.78, 5) is 16.2. The Balaban J connectivity index is 1.68. The second-order valence-electron chi connectivity index (χ2n) is 7.84. The van der Waals surface area contributed by atoms with Crippen LogP contribution in [0, 0.1) is 11.8 Å². The predicted octanol–water partition coefficient (Wildman–Crippen LogP) is 3.20. The van der Waals surface area contributed by atoms with Crippen molar-refractivity contribution in [1.29, 1.82) is 0 Å². The molecule has 1 aliphatic rings. The molecule has 0 saturated heterocycles. The summed E-state index contributed by atoms with van der Waals surface area (Å²) in [5, 5.41) is 9.89. The number of aromatic nitrogens is 3. The van der Waals surface area contributed by atoms with E-state index in [2.05, 4.69) is 20.7 Å². The molecule has 4 rings (SSSR count). The van der Waals surface area contributed by atoms with Crippen molar-refractivity contribution in [2.24, 2.45) is 11.5 Å². The molecule has 1 amide bonds. The van der Waals surface area contributed by atoms with Gasteiger partial charge in [-0.2, -0.15) is 4.39 Å². The Bertz CT molecular complexity index is 1150. The zero-order valence-electron chi connectivity index (χ0n) is 17.2. The molecule has 170 valence electrons. The van der Waals surface area contributed by atoms with Crippen LogP contribution in [0.5, 0.6) is 0 Å². The number of anilines is 3. The number of rotatable bonds is 7. The third-order valence-electron chi connectivity index (χ3n) is 5.65. The fourth-order valence-electron chi connectivity index (χ4n) is 3.99. The van der Waals surface area contributed by atoms with Gasteiger partial charge in [0.05, 0.1) is 23.0 Å². The average Bonchev–Trinajstić information content (AvgIpc) is 3.06. The van der Waals surface area contributed by atoms with E-state index in [1.54, 1.807) is 12.1 Å². The number of nitrogens with one attached hydrogen (secondary N) is 2. The SMILES string of the molecule is NC(=O)c1cc(F)c(N[C@H]2CCCC[C@H]2N)nc1Nc1ccc2c(F)nn(CCF)c2c1. The fourth-order valence-corrected chi connectivity index (χ4v) is 3.99. The highest BCUT2D eigenvalue weighted by molar-refractivity contribution is 5.99. The Morgan fingerprint density at radius 3 is 2.69 bits per heavy atom. The molecule has 0 spiro atoms. The Labute approximate surface area is 182 Å². The number of pyridine rings is 1. The van der Waals surface area contributed by atoms with Crippen molar-refractivity contribution < 1.29 is 18.0 Å². The maximum Gasteiger partial charge on any atom is 0.252 e. The van der Waals surface area contributed by atoms with Crippen LogP contribution in [-0.4, -0.2) is 39.4 Å². The first-order chi connectivity index (χ1) is 15.4. The number of amides is 1. The van der Waals surface area contributed by atoms with Crippen molar-refractivity contribution in [2.75, 3.05) is 17.3 Å². The van der Waals surface area contributed by atoms with Gasteiger partial charge >= 0.3 is 0 Å². The highest BCUT2D eigenvalue weighted by Crippen LogP contribution is 2.28. The summed E-state index contributed by atoms with van der Waals surface area (Å²) >= 11 is 0. The second kappa shape index (κ2) is 9.03. The minimum absolute atomic E-state index is 0.0298. The molecule has 11 heteroatoms. The number of hydrogen-bond acceptors (Lipinski definition) is 6. The van der Waals surface area contributed by atoms with E-state index in [0.717, 1.165) is 31.7 Å². The van der Waals surface area contributed by atoms with Crippen molar-refractivity contribution in [1.82, 2.24) is 14.8 Å². The van der Waals surface area contributed by atoms with Crippen molar-refractivity contribution in [3.63, 3.8) is 0 Å². The van der Waals surface area contributed by atoms with Gasteiger partial charge in [0.25, 0.3) is 5.91 Å². The topological polar surface area (TPSA) is 124 Å². The van der Waals surface area contributed by atoms with E-state index in [0.29, 0.717) is 11.2 Å². The monoisotopic (exact) mass is 447 g/mol. The summed E-state index contributed by atoms with van der Waals surface area (Å²) in [6.07, 6.45) is 3.60. The number of alkyl halides is 1. The lowest BCUT2D eigenvalue weighted by molar-refractivity contribution is 0.100. The molecule has 0 aliphatic heterocycles. The van der Waals surface area contributed by atoms with Gasteiger partial charge in [0.1, 0.15) is 12.5 Å². The Kier molecular flexibility index (Phi) is 6.17. The van der Waals surface area contributed by atoms with Crippen molar-refractivity contribution in [3.05, 3.63) is 41.6 Å². The zero-order chi connectivity index (χ0) is 22.8. The molecule has 6 N–H and O–H groups in total. The Hall–Kier alpha value is -3.34. The Morgan fingerprint density at radius 1 is 1.19 bits per heavy atom. The molecule has 1 fully saturated rings. The summed E-state index contributed by atoms with van der Waals surface area (Å²) in [6, 6.07) is 5.30. The molecule has 2 atom stereocenters. The van der Waals surface area contributed by atoms with Crippen LogP contribution < -0.4 is 22.1 Å². The standard InChI is InChI=1S/C21H24F3N7O/c22-7-8-31-17-9-11(5-6-12(17)18(24)30-31)27-20-13(19(26)32)10-14(23)21(29-20)28-16-4-2-1-3-15(16)25/h5-6,9-10,15-16H,1-4,7-8,25H2,(H2,26,32)(H2,27,28,29)/t15-,16+/m1/s1. The van der Waals surface area contributed by atoms with Crippen LogP contribution in [0.4, 0.5) is 30.5 Å². The van der Waals surface area contributed by atoms with Crippen LogP contribution in [0.15, 0.2) is 24.3 Å². The first-order valence-corrected chi connectivity index (χ1v) is 10.4. The molecule has 32 heavy (non-hydrogen) atoms. The Morgan fingerprint density at radius 2 is 1.97 bits per heavy atom. The number of aryl methyl sites for hydroxylation is 1. The third kappa shape index (κ3) is 4.33. The molecule has 0 bridgehead atoms. The van der Waals surface area contributed by atoms with E-state index in [-0.39, 0.29) is 41.2 Å². The van der Waals surface area contributed by atoms with E-state index in [9.17, 15) is 18.0 Å². The van der Waals surface area contributed by atoms with Crippen LogP contribution in [0.2, 0.25) is 0 Å². The van der Waals surface area contributed by atoms with Gasteiger partial charge in [0.2, 0.25) is 5.95 Å². The molecule has 0 radical (unpaired) electrons. The summed E-state index contributed by atoms with van der Waals surface area (Å²) in [6.45, 7) is -0.821. The number of nitrogens with zero attached hydrogens (tertiary/aromatic N) is 3. The number of primary amides is 1. The lowest BCUT2D eigenvalue weighted by Crippen LogP contribution is -2.43. The molecule has 2 heterocycles. The molecule has 1 saturated carbocycles. The summed E-state index contributed by atoms with van der Waals surface area (Å²) < 4.78 is 42.7. The van der Waals surface area contributed by atoms with Gasteiger partial charge in [-0.05, 0) is 37.1 Å². The molecule has 1 aliphatic carbocycles. The van der Waals surface area contributed by atoms with Gasteiger partial charge in [-0.3, -0.25) is 9.48 Å². The number of carbonyl (C=O) groups is 1. The minimum Gasteiger partial charge on any atom is -0.365 e. The van der Waals surface area contributed by atoms with E-state index in [4.69, 9.17) is 11.5 Å². The first kappa shape index (κ1) is 21.9. The van der Waals surface area contributed by atoms with E-state index >= 15 is 0 Å². The summed E-state index contributed by atoms with van der Waals surface area (Å²) in [5.74, 6) is -2.32. The third-order valence-corrected chi connectivity index (χ3v) is 5.65. The number of fused-ring (bicyclic) bond motifs is 1. The van der Waals surface area contributed by atoms with Crippen LogP contribution in [-0.2, 0) is 6.54 Å². The largest absolute Gasteiger partial charge is 0.365 e. The fraction of sp³-hybridized carbons (Fsp3) is 0.381. The van der Waals surface area contributed by atoms with Crippen LogP contribution in [0.1, 0.15) is 36.0 Å². The predicted molar refractivity (Wildman–Crippen MR) is 116 cm³/mol. The van der Waals surface area contributed by atoms with Gasteiger partial charge in [-0.15, -0.1) is 5.10 Å². The summed E-state index contributed by atoms with van der Waals surface area (Å²) in [7, 11) is 0. The van der Waals surface area contributed by atoms with Crippen molar-refractivity contribution in [2.45, 2.75) is 44.3 Å². The van der Waals surface area contributed by atoms with Gasteiger partial charge in [-0.1, -0.05) is 12.8 Å². The van der Waals surface area contributed by atoms with E-state index in [1.807, 2.05) is 0 Å². The number of carbonyl (C=O) groups excluding carboxylic acids is 1. The van der Waals surface area contributed by atoms with Gasteiger partial charge in [0.15, 0.2) is 11.6 Å². The molecule has 2 aromatic heterocycles. The molecular weight excluding hydrogens is 423 g/mol. The first-order valence-electron chi connectivity index (χ1n) is 10.4. The summed E-state index contributed by atoms with van der Waals surface area (Å²) in [5.41, 5.74) is 12.2. The molecule has 0 unspecified atom stereocenters. The van der Waals surface area contributed by atoms with Gasteiger partial charge in [0, 0.05) is 17.8 Å². The van der Waals surface area contributed by atoms with E-state index in [1.165, 1.54) is 10.7 Å². The maximum atomic E-state index is 14.7. The maximum absolute atomic E-state index is 14.7. The number of benzene rings is 1. The van der Waals surface area contributed by atoms with Crippen LogP contribution in [0.3, 0.4) is 0 Å². The van der Waals surface area contributed by atoms with Crippen LogP contribution in [0.25, 0.3) is 10.9 Å². The second-order valence-corrected chi connectivity index (χ2v) is 7.84. The van der Waals surface area contributed by atoms with Gasteiger partial charge < -0.3 is 22.1 Å². The zero-order valence-corrected chi connectivity index (χ0v) is 17.2. The van der Waals surface area contributed by atoms with Crippen molar-refractivity contribution in [3.8, 4) is 0 Å². The minimum atomic E-state index is -0.866. The number of hydrogen-bond donors (Lipinski definition) is 4. The quantitative estimate of drug-likeness (QED) is 0.441. The highest BCUT2D eigenvalue weighted by Gasteiger charge is 2.24. The van der Waals surface area contributed by atoms with Gasteiger partial charge in [-0.25, -0.2) is 13.8 Å². The lowest BCUT2D eigenvalue weighted by atomic mass is 9.91. The smallest absolute Gasteiger partial charge is 0.252 e. The number of halogens is 3. The molecule has 1 aromatic carbocycles. The molecular formula is C21H24F3N7O.